The third-order valence-corrected chi connectivity index (χ3v) is 0. The summed E-state index contributed by atoms with van der Waals surface area (Å²) >= 11 is -0.0833. The summed E-state index contributed by atoms with van der Waals surface area (Å²) < 4.78 is 8.42. The summed E-state index contributed by atoms with van der Waals surface area (Å²) in [4.78, 5) is 0. The predicted molar refractivity (Wildman–Crippen MR) is 21.6 cm³/mol. The topological polar surface area (TPSA) is 77.8 Å². The Hall–Kier alpha value is 2.20. The second-order valence-electron chi connectivity index (χ2n) is 0.346. The Kier molecular flexibility index (Phi) is 36.1. The van der Waals surface area contributed by atoms with Gasteiger partial charge in [0.25, 0.3) is 0 Å². The fourth-order valence-electron chi connectivity index (χ4n) is 0. The van der Waals surface area contributed by atoms with Crippen molar-refractivity contribution < 1.29 is 50.6 Å². The third-order valence-electron chi connectivity index (χ3n) is 0. The van der Waals surface area contributed by atoms with Crippen LogP contribution in [-0.4, -0.2) is 60.1 Å². The molecule has 0 aliphatic heterocycles. The molecule has 0 aliphatic rings. The van der Waals surface area contributed by atoms with Crippen molar-refractivity contribution in [3.05, 3.63) is 0 Å². The van der Waals surface area contributed by atoms with Gasteiger partial charge in [0.05, 0.1) is 0 Å². The fourth-order valence-corrected chi connectivity index (χ4v) is 0. The van der Waals surface area contributed by atoms with Crippen molar-refractivity contribution in [3.63, 3.8) is 0 Å². The minimum absolute atomic E-state index is 0. The summed E-state index contributed by atoms with van der Waals surface area (Å²) in [6.45, 7) is 0. The van der Waals surface area contributed by atoms with Gasteiger partial charge in [0.15, 0.2) is 0 Å². The normalized spacial score (nSPS) is 4.71. The predicted octanol–water partition coefficient (Wildman–Crippen LogP) is -3.09. The van der Waals surface area contributed by atoms with Gasteiger partial charge in [-0.3, -0.25) is 0 Å². The number of hydrogen-bond donors (Lipinski definition) is 3. The van der Waals surface area contributed by atoms with E-state index in [1.165, 1.54) is 0 Å². The van der Waals surface area contributed by atoms with Crippen molar-refractivity contribution in [1.82, 2.24) is 0 Å². The van der Waals surface area contributed by atoms with Crippen LogP contribution in [-0.2, 0) is 1.70 Å². The van der Waals surface area contributed by atoms with E-state index in [9.17, 15) is 0 Å². The van der Waals surface area contributed by atoms with E-state index in [0.717, 1.165) is 0 Å². The van der Waals surface area contributed by atoms with Crippen molar-refractivity contribution in [1.29, 1.82) is 0 Å². The molecule has 0 rings (SSSR count). The van der Waals surface area contributed by atoms with Crippen LogP contribution in [0.2, 0.25) is 0 Å². The van der Waals surface area contributed by atoms with Crippen LogP contribution in [0.25, 0.3) is 0 Å². The van der Waals surface area contributed by atoms with Gasteiger partial charge in [-0.05, 0) is 0 Å². The zero-order chi connectivity index (χ0) is 5.58. The van der Waals surface area contributed by atoms with Crippen LogP contribution < -0.4 is 0 Å². The van der Waals surface area contributed by atoms with E-state index in [2.05, 4.69) is 0 Å². The molecule has 0 aromatic rings. The van der Waals surface area contributed by atoms with E-state index in [1.54, 1.807) is 0 Å². The van der Waals surface area contributed by atoms with Crippen LogP contribution in [0, 0.1) is 33.8 Å². The SMILES string of the molecule is OB(O)O.[CaH2].[O]=[La]. The summed E-state index contributed by atoms with van der Waals surface area (Å²) in [5.74, 6) is 0. The van der Waals surface area contributed by atoms with Gasteiger partial charge in [-0.15, -0.1) is 0 Å². The van der Waals surface area contributed by atoms with Gasteiger partial charge in [0.1, 0.15) is 0 Å². The first-order valence-electron chi connectivity index (χ1n) is 1.01. The van der Waals surface area contributed by atoms with E-state index in [1.807, 2.05) is 0 Å². The Bertz CT molecular complexity index is 22.9. The van der Waals surface area contributed by atoms with Crippen LogP contribution in [0.15, 0.2) is 0 Å². The molecule has 7 heavy (non-hydrogen) atoms. The first-order valence-corrected chi connectivity index (χ1v) is 2.49. The van der Waals surface area contributed by atoms with Crippen LogP contribution in [0.5, 0.6) is 0 Å². The fraction of sp³-hybridized carbons (Fsp3) is 0. The average Bonchev–Trinajstić information content (AvgIpc) is 1.41. The second kappa shape index (κ2) is 15.7. The zero-order valence-corrected chi connectivity index (χ0v) is 6.53. The molecule has 0 aromatic carbocycles. The van der Waals surface area contributed by atoms with Gasteiger partial charge >= 0.3 is 80.6 Å². The summed E-state index contributed by atoms with van der Waals surface area (Å²) in [6, 6.07) is 0. The summed E-state index contributed by atoms with van der Waals surface area (Å²) in [7, 11) is -2.17. The Morgan fingerprint density at radius 1 is 1.14 bits per heavy atom. The van der Waals surface area contributed by atoms with E-state index in [-0.39, 0.29) is 71.5 Å². The third kappa shape index (κ3) is 65.1. The quantitative estimate of drug-likeness (QED) is 0.403. The standard InChI is InChI=1S/BH3O3.Ca.La.O.2H/c2-1(3)4;;;;;/h2-4H;;;;;. The molecule has 7 heteroatoms. The molecule has 0 radical (unpaired) electrons. The van der Waals surface area contributed by atoms with Gasteiger partial charge in [-0.2, -0.15) is 0 Å². The molecule has 3 N–H and O–H groups in total. The number of rotatable bonds is 0. The first kappa shape index (κ1) is 16.1. The molecule has 0 spiro atoms. The molecule has 0 saturated heterocycles. The molecule has 0 saturated carbocycles. The van der Waals surface area contributed by atoms with E-state index < -0.39 is 7.32 Å². The van der Waals surface area contributed by atoms with Gasteiger partial charge in [-0.25, -0.2) is 0 Å². The van der Waals surface area contributed by atoms with Crippen molar-refractivity contribution >= 4 is 45.1 Å². The van der Waals surface area contributed by atoms with Gasteiger partial charge in [-0.1, -0.05) is 0 Å². The number of hydrogen-bond acceptors (Lipinski definition) is 4. The van der Waals surface area contributed by atoms with E-state index in [0.29, 0.717) is 0 Å². The Labute approximate surface area is 93.8 Å². The van der Waals surface area contributed by atoms with Gasteiger partial charge in [0.2, 0.25) is 0 Å². The van der Waals surface area contributed by atoms with Crippen molar-refractivity contribution in [2.45, 2.75) is 0 Å². The van der Waals surface area contributed by atoms with E-state index in [4.69, 9.17) is 16.8 Å². The molecule has 0 aliphatic carbocycles. The molecule has 0 atom stereocenters. The monoisotopic (exact) mass is 259 g/mol. The van der Waals surface area contributed by atoms with Crippen molar-refractivity contribution in [3.8, 4) is 0 Å². The van der Waals surface area contributed by atoms with Crippen molar-refractivity contribution in [2.24, 2.45) is 0 Å². The van der Waals surface area contributed by atoms with Crippen molar-refractivity contribution in [2.75, 3.05) is 0 Å². The molecule has 0 fully saturated rings. The Morgan fingerprint density at radius 3 is 1.14 bits per heavy atom. The van der Waals surface area contributed by atoms with Crippen LogP contribution in [0.3, 0.4) is 0 Å². The maximum atomic E-state index is 8.42. The molecule has 4 nitrogen and oxygen atoms in total. The zero-order valence-electron chi connectivity index (χ0n) is 2.90. The van der Waals surface area contributed by atoms with Crippen LogP contribution >= 0.6 is 0 Å². The maximum absolute atomic E-state index is 8.42. The summed E-state index contributed by atoms with van der Waals surface area (Å²) in [5.41, 5.74) is 0. The summed E-state index contributed by atoms with van der Waals surface area (Å²) in [6.07, 6.45) is 0. The minimum atomic E-state index is -2.17. The van der Waals surface area contributed by atoms with Gasteiger partial charge in [0, 0.05) is 0 Å². The Balaban J connectivity index is -0.0000000480. The van der Waals surface area contributed by atoms with E-state index >= 15 is 0 Å². The first-order chi connectivity index (χ1) is 2.73. The molecule has 0 unspecified atom stereocenters. The molecule has 0 bridgehead atoms. The molecule has 0 aromatic heterocycles. The van der Waals surface area contributed by atoms with Crippen LogP contribution in [0.4, 0.5) is 0 Å². The molecular formula is H5BCaLaO4. The van der Waals surface area contributed by atoms with Gasteiger partial charge < -0.3 is 15.1 Å². The summed E-state index contributed by atoms with van der Waals surface area (Å²) in [5, 5.41) is 21.5. The molecule has 0 amide bonds. The average molecular weight is 259 g/mol. The molecule has 0 heterocycles. The molecular weight excluding hydrogens is 254 g/mol. The second-order valence-corrected chi connectivity index (χ2v) is 0.346. The molecule has 37 valence electrons. The van der Waals surface area contributed by atoms with Crippen LogP contribution in [0.1, 0.15) is 0 Å². The Morgan fingerprint density at radius 2 is 1.14 bits per heavy atom.